The molecule has 0 spiro atoms. The van der Waals surface area contributed by atoms with Crippen LogP contribution in [-0.4, -0.2) is 37.3 Å². The smallest absolute Gasteiger partial charge is 0.291 e. The second-order valence-corrected chi connectivity index (χ2v) is 5.50. The number of nitrogens with zero attached hydrogens (tertiary/aromatic N) is 2. The van der Waals surface area contributed by atoms with Crippen molar-refractivity contribution in [2.75, 3.05) is 6.61 Å². The van der Waals surface area contributed by atoms with Crippen LogP contribution in [0.3, 0.4) is 0 Å². The first-order valence-electron chi connectivity index (χ1n) is 6.30. The van der Waals surface area contributed by atoms with Crippen molar-refractivity contribution in [1.82, 2.24) is 9.55 Å². The van der Waals surface area contributed by atoms with Gasteiger partial charge in [-0.2, -0.15) is 4.39 Å². The lowest BCUT2D eigenvalue weighted by Crippen LogP contribution is -2.26. The maximum Gasteiger partial charge on any atom is 0.291 e. The number of halogens is 2. The molecule has 1 unspecified atom stereocenters. The van der Waals surface area contributed by atoms with E-state index in [9.17, 15) is 9.18 Å². The van der Waals surface area contributed by atoms with Gasteiger partial charge in [0.1, 0.15) is 0 Å². The molecule has 6 nitrogen and oxygen atoms in total. The van der Waals surface area contributed by atoms with Crippen LogP contribution in [0.15, 0.2) is 22.8 Å². The Labute approximate surface area is 126 Å². The first kappa shape index (κ1) is 17.8. The van der Waals surface area contributed by atoms with E-state index in [1.54, 1.807) is 6.08 Å². The fourth-order valence-corrected chi connectivity index (χ4v) is 1.91. The minimum absolute atomic E-state index is 0.0330. The molecular weight excluding hydrogens is 303 g/mol. The van der Waals surface area contributed by atoms with Crippen molar-refractivity contribution in [3.05, 3.63) is 39.3 Å². The summed E-state index contributed by atoms with van der Waals surface area (Å²) >= 11 is 5.39. The number of allylic oxidation sites excluding steroid dienone is 1. The molecule has 0 aliphatic heterocycles. The van der Waals surface area contributed by atoms with Crippen LogP contribution in [0.5, 0.6) is 0 Å². The van der Waals surface area contributed by atoms with E-state index < -0.39 is 22.3 Å². The van der Waals surface area contributed by atoms with E-state index in [1.807, 2.05) is 0 Å². The van der Waals surface area contributed by atoms with Crippen LogP contribution in [0.25, 0.3) is 0 Å². The van der Waals surface area contributed by atoms with Gasteiger partial charge in [-0.3, -0.25) is 9.36 Å². The second-order valence-electron chi connectivity index (χ2n) is 5.15. The number of aromatic nitrogens is 2. The molecular formula is C13H18ClFN2O4. The monoisotopic (exact) mass is 320 g/mol. The maximum absolute atomic E-state index is 13.2. The first-order valence-corrected chi connectivity index (χ1v) is 6.68. The molecule has 1 aliphatic carbocycles. The predicted molar refractivity (Wildman–Crippen MR) is 75.4 cm³/mol. The van der Waals surface area contributed by atoms with Gasteiger partial charge in [-0.15, -0.1) is 0 Å². The number of hydrogen-bond acceptors (Lipinski definition) is 5. The van der Waals surface area contributed by atoms with Gasteiger partial charge in [0.05, 0.1) is 19.0 Å². The minimum Gasteiger partial charge on any atom is -0.392 e. The summed E-state index contributed by atoms with van der Waals surface area (Å²) in [7, 11) is 0. The minimum atomic E-state index is -1.50. The Kier molecular flexibility index (Phi) is 6.03. The average Bonchev–Trinajstić information content (AvgIpc) is 2.83. The SMILES string of the molecule is CC(C)(O)O.O=c1c(F)c(Cl)ncn1C1C=C(CO)CC1. The van der Waals surface area contributed by atoms with Crippen LogP contribution in [-0.2, 0) is 0 Å². The summed E-state index contributed by atoms with van der Waals surface area (Å²) < 4.78 is 14.4. The largest absolute Gasteiger partial charge is 0.392 e. The van der Waals surface area contributed by atoms with Crippen LogP contribution in [0.2, 0.25) is 5.15 Å². The lowest BCUT2D eigenvalue weighted by atomic mass is 10.2. The molecule has 8 heteroatoms. The highest BCUT2D eigenvalue weighted by molar-refractivity contribution is 6.29. The van der Waals surface area contributed by atoms with E-state index in [1.165, 1.54) is 24.7 Å². The number of aliphatic hydroxyl groups is 3. The molecule has 0 radical (unpaired) electrons. The van der Waals surface area contributed by atoms with Crippen LogP contribution in [0.1, 0.15) is 32.7 Å². The van der Waals surface area contributed by atoms with E-state index in [-0.39, 0.29) is 12.6 Å². The van der Waals surface area contributed by atoms with Crippen molar-refractivity contribution in [2.24, 2.45) is 0 Å². The lowest BCUT2D eigenvalue weighted by molar-refractivity contribution is -0.127. The zero-order valence-corrected chi connectivity index (χ0v) is 12.5. The van der Waals surface area contributed by atoms with Crippen molar-refractivity contribution in [1.29, 1.82) is 0 Å². The van der Waals surface area contributed by atoms with Crippen LogP contribution < -0.4 is 5.56 Å². The highest BCUT2D eigenvalue weighted by Crippen LogP contribution is 2.26. The standard InChI is InChI=1S/C10H10ClFN2O2.C3H8O2/c11-9-8(12)10(16)14(5-13-9)7-2-1-6(3-7)4-15;1-3(2,4)5/h3,5,7,15H,1-2,4H2;4-5H,1-2H3. The summed E-state index contributed by atoms with van der Waals surface area (Å²) in [5, 5.41) is 24.7. The zero-order chi connectivity index (χ0) is 16.2. The summed E-state index contributed by atoms with van der Waals surface area (Å²) in [6, 6.07) is -0.242. The molecule has 0 aromatic carbocycles. The van der Waals surface area contributed by atoms with Crippen LogP contribution >= 0.6 is 11.6 Å². The summed E-state index contributed by atoms with van der Waals surface area (Å²) in [6.07, 6.45) is 4.36. The summed E-state index contributed by atoms with van der Waals surface area (Å²) in [6.45, 7) is 2.56. The third kappa shape index (κ3) is 5.55. The maximum atomic E-state index is 13.2. The molecule has 0 bridgehead atoms. The summed E-state index contributed by atoms with van der Waals surface area (Å²) in [4.78, 5) is 15.1. The van der Waals surface area contributed by atoms with Crippen molar-refractivity contribution in [3.8, 4) is 0 Å². The van der Waals surface area contributed by atoms with Crippen molar-refractivity contribution in [3.63, 3.8) is 0 Å². The van der Waals surface area contributed by atoms with Crippen molar-refractivity contribution >= 4 is 11.6 Å². The average molecular weight is 321 g/mol. The molecule has 0 amide bonds. The quantitative estimate of drug-likeness (QED) is 0.429. The van der Waals surface area contributed by atoms with Gasteiger partial charge >= 0.3 is 0 Å². The van der Waals surface area contributed by atoms with Gasteiger partial charge in [-0.1, -0.05) is 17.7 Å². The Balaban J connectivity index is 0.000000383. The number of hydrogen-bond donors (Lipinski definition) is 3. The Morgan fingerprint density at radius 3 is 2.57 bits per heavy atom. The molecule has 0 fully saturated rings. The molecule has 0 saturated heterocycles. The van der Waals surface area contributed by atoms with E-state index in [4.69, 9.17) is 26.9 Å². The predicted octanol–water partition coefficient (Wildman–Crippen LogP) is 0.996. The fourth-order valence-electron chi connectivity index (χ4n) is 1.78. The molecule has 2 rings (SSSR count). The fraction of sp³-hybridized carbons (Fsp3) is 0.538. The van der Waals surface area contributed by atoms with Crippen molar-refractivity contribution < 1.29 is 19.7 Å². The van der Waals surface area contributed by atoms with Gasteiger partial charge in [0.2, 0.25) is 5.82 Å². The van der Waals surface area contributed by atoms with Gasteiger partial charge in [0.15, 0.2) is 10.9 Å². The van der Waals surface area contributed by atoms with Gasteiger partial charge < -0.3 is 15.3 Å². The molecule has 3 N–H and O–H groups in total. The van der Waals surface area contributed by atoms with Gasteiger partial charge in [0.25, 0.3) is 5.56 Å². The second kappa shape index (κ2) is 7.13. The molecule has 1 atom stereocenters. The molecule has 1 aliphatic rings. The van der Waals surface area contributed by atoms with Gasteiger partial charge in [-0.25, -0.2) is 4.98 Å². The molecule has 1 heterocycles. The molecule has 0 saturated carbocycles. The van der Waals surface area contributed by atoms with E-state index >= 15 is 0 Å². The first-order chi connectivity index (χ1) is 9.63. The summed E-state index contributed by atoms with van der Waals surface area (Å²) in [5.41, 5.74) is 0.0766. The third-order valence-corrected chi connectivity index (χ3v) is 2.91. The van der Waals surface area contributed by atoms with Gasteiger partial charge in [-0.05, 0) is 32.3 Å². The zero-order valence-electron chi connectivity index (χ0n) is 11.8. The third-order valence-electron chi connectivity index (χ3n) is 2.65. The Morgan fingerprint density at radius 1 is 1.52 bits per heavy atom. The molecule has 21 heavy (non-hydrogen) atoms. The van der Waals surface area contributed by atoms with Crippen LogP contribution in [0, 0.1) is 5.82 Å². The highest BCUT2D eigenvalue weighted by atomic mass is 35.5. The molecule has 118 valence electrons. The molecule has 1 aromatic heterocycles. The summed E-state index contributed by atoms with van der Waals surface area (Å²) in [5.74, 6) is -2.53. The Hall–Kier alpha value is -1.28. The number of aliphatic hydroxyl groups excluding tert-OH is 1. The van der Waals surface area contributed by atoms with Crippen molar-refractivity contribution in [2.45, 2.75) is 38.5 Å². The number of rotatable bonds is 2. The van der Waals surface area contributed by atoms with E-state index in [2.05, 4.69) is 4.98 Å². The van der Waals surface area contributed by atoms with Crippen LogP contribution in [0.4, 0.5) is 4.39 Å². The molecule has 1 aromatic rings. The topological polar surface area (TPSA) is 95.6 Å². The normalized spacial score (nSPS) is 18.0. The van der Waals surface area contributed by atoms with Gasteiger partial charge in [0, 0.05) is 0 Å². The van der Waals surface area contributed by atoms with E-state index in [0.717, 1.165) is 5.57 Å². The lowest BCUT2D eigenvalue weighted by Gasteiger charge is -2.10. The highest BCUT2D eigenvalue weighted by Gasteiger charge is 2.20. The van der Waals surface area contributed by atoms with E-state index in [0.29, 0.717) is 12.8 Å². The Morgan fingerprint density at radius 2 is 2.10 bits per heavy atom. The Bertz CT molecular complexity index is 575.